The molecule has 0 aliphatic heterocycles. The van der Waals surface area contributed by atoms with Crippen molar-refractivity contribution in [2.75, 3.05) is 31.3 Å². The van der Waals surface area contributed by atoms with Gasteiger partial charge in [0, 0.05) is 24.8 Å². The minimum absolute atomic E-state index is 0.105. The van der Waals surface area contributed by atoms with Crippen molar-refractivity contribution in [2.45, 2.75) is 37.8 Å². The maximum absolute atomic E-state index is 14.2. The second-order valence-electron chi connectivity index (χ2n) is 7.13. The number of ether oxygens (including phenoxy) is 1. The van der Waals surface area contributed by atoms with Crippen molar-refractivity contribution in [3.63, 3.8) is 0 Å². The summed E-state index contributed by atoms with van der Waals surface area (Å²) >= 11 is 0. The molecule has 0 atom stereocenters. The molecule has 30 heavy (non-hydrogen) atoms. The molecule has 0 amide bonds. The van der Waals surface area contributed by atoms with Crippen LogP contribution in [0.25, 0.3) is 0 Å². The number of aliphatic hydroxyl groups is 1. The summed E-state index contributed by atoms with van der Waals surface area (Å²) in [7, 11) is 1.25. The molecule has 1 saturated carbocycles. The first kappa shape index (κ1) is 21.8. The number of nitrogens with one attached hydrogen (secondary N) is 2. The topological polar surface area (TPSA) is 122 Å². The normalized spacial score (nSPS) is 18.8. The Morgan fingerprint density at radius 3 is 2.60 bits per heavy atom. The highest BCUT2D eigenvalue weighted by atomic mass is 19.2. The van der Waals surface area contributed by atoms with E-state index < -0.39 is 23.0 Å². The molecule has 1 aliphatic rings. The second-order valence-corrected chi connectivity index (χ2v) is 7.13. The van der Waals surface area contributed by atoms with Gasteiger partial charge >= 0.3 is 0 Å². The third kappa shape index (κ3) is 4.82. The quantitative estimate of drug-likeness (QED) is 0.477. The van der Waals surface area contributed by atoms with Crippen molar-refractivity contribution in [3.8, 4) is 5.75 Å². The van der Waals surface area contributed by atoms with Crippen molar-refractivity contribution < 1.29 is 23.4 Å². The molecule has 0 unspecified atom stereocenters. The van der Waals surface area contributed by atoms with Gasteiger partial charge in [-0.15, -0.1) is 0 Å². The van der Waals surface area contributed by atoms with Gasteiger partial charge in [-0.25, -0.2) is 13.8 Å². The summed E-state index contributed by atoms with van der Waals surface area (Å²) in [6.07, 6.45) is 4.87. The molecule has 10 heteroatoms. The minimum atomic E-state index is -1.31. The van der Waals surface area contributed by atoms with Crippen LogP contribution in [0, 0.1) is 11.6 Å². The fraction of sp³-hybridized carbons (Fsp3) is 0.450. The van der Waals surface area contributed by atoms with E-state index in [1.54, 1.807) is 0 Å². The van der Waals surface area contributed by atoms with Gasteiger partial charge in [-0.2, -0.15) is 4.98 Å². The number of hydrogen-bond acceptors (Lipinski definition) is 8. The Kier molecular flexibility index (Phi) is 7.11. The highest BCUT2D eigenvalue weighted by Gasteiger charge is 2.26. The first-order chi connectivity index (χ1) is 14.4. The van der Waals surface area contributed by atoms with Gasteiger partial charge in [-0.3, -0.25) is 4.79 Å². The zero-order valence-electron chi connectivity index (χ0n) is 16.6. The van der Waals surface area contributed by atoms with Crippen LogP contribution in [0.1, 0.15) is 41.6 Å². The fourth-order valence-electron chi connectivity index (χ4n) is 3.58. The Bertz CT molecular complexity index is 904. The van der Waals surface area contributed by atoms with Crippen LogP contribution in [0.5, 0.6) is 5.75 Å². The number of rotatable bonds is 8. The van der Waals surface area contributed by atoms with Gasteiger partial charge in [0.2, 0.25) is 11.7 Å². The van der Waals surface area contributed by atoms with Crippen molar-refractivity contribution in [1.82, 2.24) is 15.3 Å². The maximum Gasteiger partial charge on any atom is 0.224 e. The molecule has 1 fully saturated rings. The lowest BCUT2D eigenvalue weighted by Gasteiger charge is -2.29. The Morgan fingerprint density at radius 2 is 1.97 bits per heavy atom. The van der Waals surface area contributed by atoms with Crippen molar-refractivity contribution >= 4 is 17.5 Å². The van der Waals surface area contributed by atoms with Crippen LogP contribution >= 0.6 is 0 Å². The summed E-state index contributed by atoms with van der Waals surface area (Å²) < 4.78 is 32.8. The number of ketones is 1. The number of methoxy groups -OCH3 is 1. The molecule has 162 valence electrons. The van der Waals surface area contributed by atoms with Gasteiger partial charge in [0.1, 0.15) is 17.1 Å². The number of nitrogen functional groups attached to an aromatic ring is 1. The summed E-state index contributed by atoms with van der Waals surface area (Å²) in [5, 5.41) is 15.4. The van der Waals surface area contributed by atoms with Crippen molar-refractivity contribution in [1.29, 1.82) is 0 Å². The van der Waals surface area contributed by atoms with E-state index >= 15 is 0 Å². The first-order valence-corrected chi connectivity index (χ1v) is 9.74. The van der Waals surface area contributed by atoms with Crippen LogP contribution in [0.3, 0.4) is 0 Å². The molecule has 1 aliphatic carbocycles. The molecule has 8 nitrogen and oxygen atoms in total. The predicted molar refractivity (Wildman–Crippen MR) is 108 cm³/mol. The van der Waals surface area contributed by atoms with Crippen LogP contribution in [0.2, 0.25) is 0 Å². The summed E-state index contributed by atoms with van der Waals surface area (Å²) in [6, 6.07) is 2.58. The Labute approximate surface area is 172 Å². The third-order valence-corrected chi connectivity index (χ3v) is 5.17. The lowest BCUT2D eigenvalue weighted by molar-refractivity contribution is 0.103. The predicted octanol–water partition coefficient (Wildman–Crippen LogP) is 1.88. The van der Waals surface area contributed by atoms with Crippen molar-refractivity contribution in [2.24, 2.45) is 0 Å². The Hall–Kier alpha value is -2.85. The molecule has 3 rings (SSSR count). The molecule has 5 N–H and O–H groups in total. The van der Waals surface area contributed by atoms with Gasteiger partial charge in [0.15, 0.2) is 11.6 Å². The minimum Gasteiger partial charge on any atom is -0.496 e. The zero-order chi connectivity index (χ0) is 21.7. The fourth-order valence-corrected chi connectivity index (χ4v) is 3.58. The molecule has 0 spiro atoms. The van der Waals surface area contributed by atoms with Gasteiger partial charge < -0.3 is 26.2 Å². The number of anilines is 2. The smallest absolute Gasteiger partial charge is 0.224 e. The molecule has 2 aromatic rings. The molecule has 0 bridgehead atoms. The Balaban J connectivity index is 1.71. The Morgan fingerprint density at radius 1 is 1.27 bits per heavy atom. The summed E-state index contributed by atoms with van der Waals surface area (Å²) in [5.41, 5.74) is 5.23. The van der Waals surface area contributed by atoms with Gasteiger partial charge in [-0.05, 0) is 37.8 Å². The monoisotopic (exact) mass is 421 g/mol. The van der Waals surface area contributed by atoms with Crippen LogP contribution in [-0.4, -0.2) is 53.2 Å². The van der Waals surface area contributed by atoms with E-state index in [4.69, 9.17) is 15.6 Å². The van der Waals surface area contributed by atoms with Gasteiger partial charge in [0.05, 0.1) is 19.3 Å². The molecule has 0 saturated heterocycles. The summed E-state index contributed by atoms with van der Waals surface area (Å²) in [4.78, 5) is 21.0. The van der Waals surface area contributed by atoms with Crippen LogP contribution in [0.15, 0.2) is 18.3 Å². The number of nitrogens with zero attached hydrogens (tertiary/aromatic N) is 2. The van der Waals surface area contributed by atoms with E-state index in [0.29, 0.717) is 12.6 Å². The highest BCUT2D eigenvalue weighted by Crippen LogP contribution is 2.28. The molecule has 1 aromatic heterocycles. The van der Waals surface area contributed by atoms with Crippen molar-refractivity contribution in [3.05, 3.63) is 41.1 Å². The van der Waals surface area contributed by atoms with E-state index in [0.717, 1.165) is 31.7 Å². The number of aromatic nitrogens is 2. The number of benzene rings is 1. The number of halogens is 2. The molecular weight excluding hydrogens is 396 g/mol. The van der Waals surface area contributed by atoms with E-state index in [1.165, 1.54) is 19.4 Å². The van der Waals surface area contributed by atoms with Gasteiger partial charge in [-0.1, -0.05) is 0 Å². The summed E-state index contributed by atoms with van der Waals surface area (Å²) in [6.45, 7) is 0.691. The average molecular weight is 421 g/mol. The van der Waals surface area contributed by atoms with E-state index in [1.807, 2.05) is 0 Å². The SMILES string of the molecule is COc1ccc(F)c(F)c1C(=O)c1cnc(NC2CCC(NCCO)CC2)nc1N. The largest absolute Gasteiger partial charge is 0.496 e. The standard InChI is InChI=1S/C20H25F2N5O3/c1-30-15-7-6-14(21)17(22)16(15)18(29)13-10-25-20(27-19(13)23)26-12-4-2-11(3-5-12)24-8-9-28/h6-7,10-12,24,28H,2-5,8-9H2,1H3,(H3,23,25,26,27). The number of carbonyl (C=O) groups excluding carboxylic acids is 1. The lowest BCUT2D eigenvalue weighted by atomic mass is 9.91. The van der Waals surface area contributed by atoms with Crippen LogP contribution in [0.4, 0.5) is 20.5 Å². The lowest BCUT2D eigenvalue weighted by Crippen LogP contribution is -2.38. The first-order valence-electron chi connectivity index (χ1n) is 9.74. The van der Waals surface area contributed by atoms with Gasteiger partial charge in [0.25, 0.3) is 0 Å². The third-order valence-electron chi connectivity index (χ3n) is 5.17. The van der Waals surface area contributed by atoms with Crippen LogP contribution < -0.4 is 21.1 Å². The maximum atomic E-state index is 14.2. The zero-order valence-corrected chi connectivity index (χ0v) is 16.6. The molecule has 1 heterocycles. The second kappa shape index (κ2) is 9.77. The van der Waals surface area contributed by atoms with E-state index in [-0.39, 0.29) is 35.7 Å². The highest BCUT2D eigenvalue weighted by molar-refractivity contribution is 6.13. The average Bonchev–Trinajstić information content (AvgIpc) is 2.74. The molecule has 1 aromatic carbocycles. The number of aliphatic hydroxyl groups excluding tert-OH is 1. The number of nitrogens with two attached hydrogens (primary N) is 1. The number of hydrogen-bond donors (Lipinski definition) is 4. The summed E-state index contributed by atoms with van der Waals surface area (Å²) in [5.74, 6) is -3.31. The molecule has 0 radical (unpaired) electrons. The molecular formula is C20H25F2N5O3. The van der Waals surface area contributed by atoms with E-state index in [9.17, 15) is 13.6 Å². The number of carbonyl (C=O) groups is 1. The van der Waals surface area contributed by atoms with E-state index in [2.05, 4.69) is 20.6 Å². The van der Waals surface area contributed by atoms with Crippen LogP contribution in [-0.2, 0) is 0 Å².